The maximum Gasteiger partial charge on any atom is 0.329 e. The second-order valence-corrected chi connectivity index (χ2v) is 18.3. The lowest BCUT2D eigenvalue weighted by atomic mass is 9.88. The molecule has 1 fully saturated rings. The number of ether oxygens (including phenoxy) is 1. The fourth-order valence-electron chi connectivity index (χ4n) is 7.64. The number of aliphatic hydroxyl groups excluding tert-OH is 1. The average Bonchev–Trinajstić information content (AvgIpc) is 3.22. The van der Waals surface area contributed by atoms with E-state index < -0.39 is 120 Å². The number of benzene rings is 1. The summed E-state index contributed by atoms with van der Waals surface area (Å²) < 4.78 is 5.54. The van der Waals surface area contributed by atoms with Gasteiger partial charge in [-0.15, -0.1) is 0 Å². The maximum atomic E-state index is 14.0. The van der Waals surface area contributed by atoms with Crippen LogP contribution in [0.5, 0.6) is 0 Å². The number of hydrogen-bond acceptors (Lipinski definition) is 13. The van der Waals surface area contributed by atoms with Gasteiger partial charge >= 0.3 is 5.97 Å². The number of rotatable bonds is 24. The number of hydrogen-bond donors (Lipinski definition) is 8. The number of cyclic esters (lactones) is 1. The fraction of sp³-hybridized carbons (Fsp3) is 0.674. The summed E-state index contributed by atoms with van der Waals surface area (Å²) in [6.45, 7) is 11.7. The first-order valence-corrected chi connectivity index (χ1v) is 22.5. The predicted octanol–water partition coefficient (Wildman–Crippen LogP) is 0.912. The van der Waals surface area contributed by atoms with Gasteiger partial charge in [-0.3, -0.25) is 38.4 Å². The van der Waals surface area contributed by atoms with Crippen LogP contribution in [0.25, 0.3) is 0 Å². The van der Waals surface area contributed by atoms with E-state index in [9.17, 15) is 48.3 Å². The highest BCUT2D eigenvalue weighted by molar-refractivity contribution is 6.00. The van der Waals surface area contributed by atoms with Crippen molar-refractivity contribution in [3.8, 4) is 0 Å². The molecule has 0 aromatic heterocycles. The molecule has 9 atom stereocenters. The summed E-state index contributed by atoms with van der Waals surface area (Å²) in [6.07, 6.45) is -1.71. The molecule has 0 saturated carbocycles. The Balaban J connectivity index is 2.42. The molecule has 64 heavy (non-hydrogen) atoms. The quantitative estimate of drug-likeness (QED) is 0.0529. The highest BCUT2D eigenvalue weighted by Gasteiger charge is 2.42. The van der Waals surface area contributed by atoms with Crippen molar-refractivity contribution in [2.24, 2.45) is 52.7 Å². The summed E-state index contributed by atoms with van der Waals surface area (Å²) in [5.41, 5.74) is 18.5. The summed E-state index contributed by atoms with van der Waals surface area (Å²) in [4.78, 5) is 123. The zero-order valence-electron chi connectivity index (χ0n) is 38.6. The smallest absolute Gasteiger partial charge is 0.329 e. The monoisotopic (exact) mass is 900 g/mol. The Hall–Kier alpha value is -5.07. The molecule has 1 aromatic carbocycles. The molecule has 1 heterocycles. The van der Waals surface area contributed by atoms with Crippen molar-refractivity contribution in [2.75, 3.05) is 13.2 Å². The summed E-state index contributed by atoms with van der Waals surface area (Å²) in [5, 5.41) is 20.8. The highest BCUT2D eigenvalue weighted by Crippen LogP contribution is 2.23. The van der Waals surface area contributed by atoms with Crippen LogP contribution in [0.3, 0.4) is 0 Å². The molecule has 1 aromatic rings. The average molecular weight is 900 g/mol. The Morgan fingerprint density at radius 3 is 2.02 bits per heavy atom. The van der Waals surface area contributed by atoms with Crippen molar-refractivity contribution in [1.29, 1.82) is 0 Å². The Kier molecular flexibility index (Phi) is 23.5. The predicted molar refractivity (Wildman–Crippen MR) is 238 cm³/mol. The zero-order valence-corrected chi connectivity index (χ0v) is 38.6. The summed E-state index contributed by atoms with van der Waals surface area (Å²) in [7, 11) is 0. The van der Waals surface area contributed by atoms with Crippen LogP contribution in [0, 0.1) is 35.5 Å². The first kappa shape index (κ1) is 55.1. The molecule has 1 aliphatic rings. The van der Waals surface area contributed by atoms with E-state index in [1.807, 2.05) is 58.0 Å². The molecular weight excluding hydrogens is 827 g/mol. The van der Waals surface area contributed by atoms with Crippen LogP contribution >= 0.6 is 0 Å². The minimum Gasteiger partial charge on any atom is -0.450 e. The number of nitrogens with one attached hydrogen (secondary N) is 4. The number of aliphatic hydroxyl groups is 1. The summed E-state index contributed by atoms with van der Waals surface area (Å²) in [6, 6.07) is 3.00. The van der Waals surface area contributed by atoms with E-state index in [1.165, 1.54) is 6.92 Å². The van der Waals surface area contributed by atoms with E-state index in [2.05, 4.69) is 21.3 Å². The summed E-state index contributed by atoms with van der Waals surface area (Å²) in [5.74, 6) is -11.3. The number of esters is 1. The van der Waals surface area contributed by atoms with Gasteiger partial charge < -0.3 is 48.3 Å². The van der Waals surface area contributed by atoms with Crippen LogP contribution < -0.4 is 38.5 Å². The molecule has 5 amide bonds. The highest BCUT2D eigenvalue weighted by atomic mass is 16.6. The zero-order chi connectivity index (χ0) is 48.3. The lowest BCUT2D eigenvalue weighted by molar-refractivity contribution is -0.164. The number of Topliss-reactive ketones (excluding diaryl/α,β-unsaturated/α-hetero) is 3. The van der Waals surface area contributed by atoms with Gasteiger partial charge in [0, 0.05) is 31.1 Å². The fourth-order valence-corrected chi connectivity index (χ4v) is 7.64. The second kappa shape index (κ2) is 27.3. The lowest BCUT2D eigenvalue weighted by Crippen LogP contribution is -2.53. The number of amides is 5. The Morgan fingerprint density at radius 1 is 0.828 bits per heavy atom. The van der Waals surface area contributed by atoms with Crippen LogP contribution in [0.1, 0.15) is 112 Å². The Morgan fingerprint density at radius 2 is 1.45 bits per heavy atom. The van der Waals surface area contributed by atoms with Crippen molar-refractivity contribution >= 4 is 52.9 Å². The van der Waals surface area contributed by atoms with Crippen molar-refractivity contribution in [3.63, 3.8) is 0 Å². The molecule has 18 heteroatoms. The number of carbonyl (C=O) groups is 9. The molecule has 0 spiro atoms. The third kappa shape index (κ3) is 18.6. The molecular formula is C46H73N7O11. The minimum atomic E-state index is -2.08. The molecule has 1 aliphatic heterocycles. The molecule has 18 nitrogen and oxygen atoms in total. The molecule has 0 unspecified atom stereocenters. The van der Waals surface area contributed by atoms with E-state index in [1.54, 1.807) is 13.8 Å². The van der Waals surface area contributed by atoms with Crippen LogP contribution in [0.15, 0.2) is 30.3 Å². The number of primary amides is 1. The van der Waals surface area contributed by atoms with Crippen molar-refractivity contribution in [3.05, 3.63) is 35.9 Å². The molecule has 358 valence electrons. The van der Waals surface area contributed by atoms with Gasteiger partial charge in [-0.2, -0.15) is 0 Å². The second-order valence-electron chi connectivity index (χ2n) is 18.3. The van der Waals surface area contributed by atoms with Gasteiger partial charge in [0.15, 0.2) is 23.5 Å². The van der Waals surface area contributed by atoms with Gasteiger partial charge in [0.25, 0.3) is 5.91 Å². The number of nitrogens with two attached hydrogens (primary N) is 3. The van der Waals surface area contributed by atoms with Crippen molar-refractivity contribution in [2.45, 2.75) is 149 Å². The van der Waals surface area contributed by atoms with E-state index >= 15 is 0 Å². The summed E-state index contributed by atoms with van der Waals surface area (Å²) >= 11 is 0. The van der Waals surface area contributed by atoms with E-state index in [4.69, 9.17) is 21.9 Å². The van der Waals surface area contributed by atoms with Gasteiger partial charge in [0.05, 0.1) is 30.7 Å². The van der Waals surface area contributed by atoms with E-state index in [-0.39, 0.29) is 62.7 Å². The Labute approximate surface area is 377 Å². The standard InChI is InChI=1S/C46H73N7O11/c1-25(2)17-31-22-37(55)28(7)50-44(61)32(40(41(49)58)64-46(63)35(19-27(5)6)52-43(31)60)23-39(57)36(24-54)53-42(59)30(15-11-12-16-47)21-38(56)34(18-26(3)4)51-45(62)33(48)20-29-13-9-8-10-14-29/h8-10,13-14,25-28,30-36,40,54H,11-12,15-24,47-48H2,1-7H3,(H2,49,58)(H,50,61)(H,51,62)(H,52,60)(H,53,59)/t28-,30-,31-,32-,33-,34+,35-,36-,40+/m0/s1. The lowest BCUT2D eigenvalue weighted by Gasteiger charge is -2.28. The van der Waals surface area contributed by atoms with Crippen LogP contribution in [-0.2, 0) is 54.3 Å². The largest absolute Gasteiger partial charge is 0.450 e. The molecule has 11 N–H and O–H groups in total. The third-order valence-corrected chi connectivity index (χ3v) is 11.1. The first-order chi connectivity index (χ1) is 30.1. The van der Waals surface area contributed by atoms with Crippen molar-refractivity contribution < 1.29 is 53.0 Å². The van der Waals surface area contributed by atoms with Crippen molar-refractivity contribution in [1.82, 2.24) is 21.3 Å². The first-order valence-electron chi connectivity index (χ1n) is 22.5. The van der Waals surface area contributed by atoms with Crippen LogP contribution in [0.2, 0.25) is 0 Å². The third-order valence-electron chi connectivity index (χ3n) is 11.1. The number of unbranched alkanes of at least 4 members (excludes halogenated alkanes) is 1. The van der Waals surface area contributed by atoms with Crippen LogP contribution in [-0.4, -0.2) is 107 Å². The van der Waals surface area contributed by atoms with Gasteiger partial charge in [-0.25, -0.2) is 4.79 Å². The molecule has 0 bridgehead atoms. The normalized spacial score (nSPS) is 21.9. The van der Waals surface area contributed by atoms with Gasteiger partial charge in [0.2, 0.25) is 23.6 Å². The SMILES string of the molecule is CC(C)C[C@H]1CC(=O)[C@H](C)NC(=O)[C@@H](CC(=O)[C@H](CO)NC(=O)[C@@H](CCCCN)CC(=O)[C@@H](CC(C)C)NC(=O)[C@@H](N)Cc2ccccc2)[C@H](C(N)=O)OC(=O)[C@H](CC(C)C)NC1=O. The van der Waals surface area contributed by atoms with Crippen LogP contribution in [0.4, 0.5) is 0 Å². The van der Waals surface area contributed by atoms with Gasteiger partial charge in [-0.05, 0) is 75.3 Å². The number of ketones is 3. The maximum absolute atomic E-state index is 14.0. The van der Waals surface area contributed by atoms with E-state index in [0.29, 0.717) is 19.4 Å². The Bertz CT molecular complexity index is 1760. The minimum absolute atomic E-state index is 0.0137. The van der Waals surface area contributed by atoms with E-state index in [0.717, 1.165) is 5.56 Å². The van der Waals surface area contributed by atoms with Gasteiger partial charge in [0.1, 0.15) is 12.1 Å². The van der Waals surface area contributed by atoms with Gasteiger partial charge in [-0.1, -0.05) is 78.3 Å². The molecule has 0 radical (unpaired) electrons. The molecule has 2 rings (SSSR count). The molecule has 1 saturated heterocycles. The topological polar surface area (TPSA) is 309 Å². The number of carbonyl (C=O) groups excluding carboxylic acids is 9. The molecule has 0 aliphatic carbocycles.